The minimum atomic E-state index is -0.357. The van der Waals surface area contributed by atoms with Crippen LogP contribution in [0.15, 0.2) is 28.8 Å². The first-order chi connectivity index (χ1) is 10.1. The Morgan fingerprint density at radius 1 is 1.43 bits per heavy atom. The van der Waals surface area contributed by atoms with Crippen LogP contribution in [0.5, 0.6) is 5.75 Å². The Hall–Kier alpha value is -2.21. The van der Waals surface area contributed by atoms with E-state index < -0.39 is 0 Å². The van der Waals surface area contributed by atoms with E-state index in [1.165, 1.54) is 0 Å². The zero-order valence-electron chi connectivity index (χ0n) is 11.8. The third-order valence-corrected chi connectivity index (χ3v) is 2.88. The number of hydrogen-bond donors (Lipinski definition) is 2. The number of carbonyl (C=O) groups excluding carboxylic acids is 1. The second-order valence-corrected chi connectivity index (χ2v) is 4.73. The summed E-state index contributed by atoms with van der Waals surface area (Å²) in [5, 5.41) is 9.52. The lowest BCUT2D eigenvalue weighted by atomic mass is 10.3. The van der Waals surface area contributed by atoms with Gasteiger partial charge in [0.05, 0.1) is 23.9 Å². The summed E-state index contributed by atoms with van der Waals surface area (Å²) in [7, 11) is 0. The highest BCUT2D eigenvalue weighted by Gasteiger charge is 2.07. The Balaban J connectivity index is 1.88. The number of amides is 2. The molecular weight excluding hydrogens is 294 g/mol. The summed E-state index contributed by atoms with van der Waals surface area (Å²) in [6, 6.07) is 6.46. The van der Waals surface area contributed by atoms with E-state index in [4.69, 9.17) is 20.9 Å². The molecule has 2 aromatic rings. The van der Waals surface area contributed by atoms with Gasteiger partial charge in [-0.15, -0.1) is 0 Å². The molecule has 7 heteroatoms. The van der Waals surface area contributed by atoms with E-state index in [1.807, 2.05) is 13.8 Å². The molecule has 0 aliphatic carbocycles. The number of nitrogens with zero attached hydrogens (tertiary/aromatic N) is 1. The van der Waals surface area contributed by atoms with Gasteiger partial charge in [0.25, 0.3) is 0 Å². The number of benzene rings is 1. The van der Waals surface area contributed by atoms with Crippen LogP contribution in [0.25, 0.3) is 0 Å². The molecule has 0 radical (unpaired) electrons. The molecule has 2 N–H and O–H groups in total. The molecule has 0 bridgehead atoms. The van der Waals surface area contributed by atoms with Crippen LogP contribution in [0.1, 0.15) is 18.4 Å². The van der Waals surface area contributed by atoms with E-state index in [0.717, 1.165) is 5.69 Å². The lowest BCUT2D eigenvalue weighted by Gasteiger charge is -2.09. The van der Waals surface area contributed by atoms with Gasteiger partial charge in [-0.05, 0) is 32.0 Å². The minimum Gasteiger partial charge on any atom is -0.492 e. The number of halogens is 1. The number of rotatable bonds is 5. The fraction of sp³-hybridized carbons (Fsp3) is 0.286. The average molecular weight is 310 g/mol. The fourth-order valence-corrected chi connectivity index (χ4v) is 1.93. The van der Waals surface area contributed by atoms with E-state index in [-0.39, 0.29) is 12.6 Å². The molecule has 0 spiro atoms. The summed E-state index contributed by atoms with van der Waals surface area (Å²) in [4.78, 5) is 11.8. The molecule has 0 aliphatic heterocycles. The monoisotopic (exact) mass is 309 g/mol. The van der Waals surface area contributed by atoms with Crippen LogP contribution < -0.4 is 15.4 Å². The van der Waals surface area contributed by atoms with Crippen molar-refractivity contribution in [1.82, 2.24) is 10.5 Å². The number of carbonyl (C=O) groups is 1. The van der Waals surface area contributed by atoms with Gasteiger partial charge in [0.1, 0.15) is 5.75 Å². The first kappa shape index (κ1) is 15.2. The molecular formula is C14H16ClN3O3. The number of aryl methyl sites for hydroxylation is 1. The molecule has 1 aromatic heterocycles. The van der Waals surface area contributed by atoms with Crippen LogP contribution in [-0.2, 0) is 6.54 Å². The standard InChI is InChI=1S/C14H16ClN3O3/c1-3-20-13-5-4-10(7-12(13)15)17-14(19)16-8-11-6-9(2)18-21-11/h4-7H,3,8H2,1-2H3,(H2,16,17,19). The Kier molecular flexibility index (Phi) is 5.05. The van der Waals surface area contributed by atoms with Crippen molar-refractivity contribution in [2.24, 2.45) is 0 Å². The van der Waals surface area contributed by atoms with E-state index in [2.05, 4.69) is 15.8 Å². The highest BCUT2D eigenvalue weighted by Crippen LogP contribution is 2.27. The van der Waals surface area contributed by atoms with Crippen molar-refractivity contribution in [2.75, 3.05) is 11.9 Å². The van der Waals surface area contributed by atoms with Crippen LogP contribution in [0.4, 0.5) is 10.5 Å². The maximum absolute atomic E-state index is 11.8. The predicted molar refractivity (Wildman–Crippen MR) is 79.7 cm³/mol. The Bertz CT molecular complexity index is 628. The van der Waals surface area contributed by atoms with Crippen molar-refractivity contribution in [3.63, 3.8) is 0 Å². The fourth-order valence-electron chi connectivity index (χ4n) is 1.69. The molecule has 1 heterocycles. The van der Waals surface area contributed by atoms with Gasteiger partial charge in [0, 0.05) is 11.8 Å². The molecule has 1 aromatic carbocycles. The van der Waals surface area contributed by atoms with Crippen molar-refractivity contribution >= 4 is 23.3 Å². The average Bonchev–Trinajstić information content (AvgIpc) is 2.86. The third kappa shape index (κ3) is 4.39. The topological polar surface area (TPSA) is 76.4 Å². The highest BCUT2D eigenvalue weighted by atomic mass is 35.5. The van der Waals surface area contributed by atoms with Crippen LogP contribution in [0.2, 0.25) is 5.02 Å². The van der Waals surface area contributed by atoms with Crippen LogP contribution >= 0.6 is 11.6 Å². The summed E-state index contributed by atoms with van der Waals surface area (Å²) in [6.07, 6.45) is 0. The van der Waals surface area contributed by atoms with Gasteiger partial charge in [0.15, 0.2) is 5.76 Å². The van der Waals surface area contributed by atoms with Crippen molar-refractivity contribution in [3.8, 4) is 5.75 Å². The maximum Gasteiger partial charge on any atom is 0.319 e. The van der Waals surface area contributed by atoms with Gasteiger partial charge in [0.2, 0.25) is 0 Å². The summed E-state index contributed by atoms with van der Waals surface area (Å²) >= 11 is 6.05. The van der Waals surface area contributed by atoms with E-state index in [0.29, 0.717) is 28.8 Å². The molecule has 0 atom stereocenters. The first-order valence-electron chi connectivity index (χ1n) is 6.48. The maximum atomic E-state index is 11.8. The Labute approximate surface area is 127 Å². The van der Waals surface area contributed by atoms with Gasteiger partial charge in [-0.3, -0.25) is 0 Å². The number of hydrogen-bond acceptors (Lipinski definition) is 4. The van der Waals surface area contributed by atoms with Crippen molar-refractivity contribution < 1.29 is 14.1 Å². The van der Waals surface area contributed by atoms with Gasteiger partial charge in [-0.1, -0.05) is 16.8 Å². The lowest BCUT2D eigenvalue weighted by Crippen LogP contribution is -2.28. The number of nitrogens with one attached hydrogen (secondary N) is 2. The summed E-state index contributed by atoms with van der Waals surface area (Å²) in [5.41, 5.74) is 1.35. The third-order valence-electron chi connectivity index (χ3n) is 2.59. The first-order valence-corrected chi connectivity index (χ1v) is 6.85. The summed E-state index contributed by atoms with van der Waals surface area (Å²) in [6.45, 7) is 4.48. The molecule has 6 nitrogen and oxygen atoms in total. The molecule has 0 aliphatic rings. The van der Waals surface area contributed by atoms with Crippen LogP contribution in [-0.4, -0.2) is 17.8 Å². The SMILES string of the molecule is CCOc1ccc(NC(=O)NCc2cc(C)no2)cc1Cl. The minimum absolute atomic E-state index is 0.261. The number of ether oxygens (including phenoxy) is 1. The molecule has 21 heavy (non-hydrogen) atoms. The summed E-state index contributed by atoms with van der Waals surface area (Å²) < 4.78 is 10.3. The molecule has 112 valence electrons. The number of aromatic nitrogens is 1. The van der Waals surface area contributed by atoms with Crippen LogP contribution in [0, 0.1) is 6.92 Å². The van der Waals surface area contributed by atoms with E-state index in [1.54, 1.807) is 24.3 Å². The van der Waals surface area contributed by atoms with Gasteiger partial charge >= 0.3 is 6.03 Å². The Morgan fingerprint density at radius 3 is 2.86 bits per heavy atom. The second-order valence-electron chi connectivity index (χ2n) is 4.32. The molecule has 0 saturated carbocycles. The normalized spacial score (nSPS) is 10.2. The highest BCUT2D eigenvalue weighted by molar-refractivity contribution is 6.32. The molecule has 0 fully saturated rings. The molecule has 2 rings (SSSR count). The van der Waals surface area contributed by atoms with Crippen molar-refractivity contribution in [1.29, 1.82) is 0 Å². The van der Waals surface area contributed by atoms with Gasteiger partial charge in [-0.25, -0.2) is 4.79 Å². The van der Waals surface area contributed by atoms with Gasteiger partial charge in [-0.2, -0.15) is 0 Å². The summed E-state index contributed by atoms with van der Waals surface area (Å²) in [5.74, 6) is 1.18. The molecule has 0 saturated heterocycles. The number of anilines is 1. The molecule has 0 unspecified atom stereocenters. The zero-order valence-corrected chi connectivity index (χ0v) is 12.5. The van der Waals surface area contributed by atoms with E-state index in [9.17, 15) is 4.79 Å². The van der Waals surface area contributed by atoms with Crippen molar-refractivity contribution in [2.45, 2.75) is 20.4 Å². The quantitative estimate of drug-likeness (QED) is 0.888. The van der Waals surface area contributed by atoms with E-state index >= 15 is 0 Å². The second kappa shape index (κ2) is 6.99. The van der Waals surface area contributed by atoms with Crippen LogP contribution in [0.3, 0.4) is 0 Å². The molecule has 2 amide bonds. The predicted octanol–water partition coefficient (Wildman–Crippen LogP) is 3.36. The lowest BCUT2D eigenvalue weighted by molar-refractivity contribution is 0.250. The smallest absolute Gasteiger partial charge is 0.319 e. The largest absolute Gasteiger partial charge is 0.492 e. The number of urea groups is 1. The van der Waals surface area contributed by atoms with Crippen molar-refractivity contribution in [3.05, 3.63) is 40.7 Å². The zero-order chi connectivity index (χ0) is 15.2. The Morgan fingerprint density at radius 2 is 2.24 bits per heavy atom. The van der Waals surface area contributed by atoms with Gasteiger partial charge < -0.3 is 19.9 Å².